The first kappa shape index (κ1) is 13.4. The van der Waals surface area contributed by atoms with Crippen LogP contribution in [0.15, 0.2) is 0 Å². The summed E-state index contributed by atoms with van der Waals surface area (Å²) in [4.78, 5) is 2.55. The van der Waals surface area contributed by atoms with Gasteiger partial charge in [0.25, 0.3) is 0 Å². The third kappa shape index (κ3) is 3.12. The van der Waals surface area contributed by atoms with Crippen LogP contribution in [0.5, 0.6) is 0 Å². The third-order valence-electron chi connectivity index (χ3n) is 5.40. The highest BCUT2D eigenvalue weighted by molar-refractivity contribution is 5.15. The lowest BCUT2D eigenvalue weighted by Crippen LogP contribution is -2.45. The number of nitrogens with one attached hydrogen (secondary N) is 1. The number of hydrogen-bond acceptors (Lipinski definition) is 3. The molecule has 1 N–H and O–H groups in total. The average molecular weight is 261 g/mol. The molecule has 2 atom stereocenters. The lowest BCUT2D eigenvalue weighted by molar-refractivity contribution is 0.202. The fourth-order valence-corrected chi connectivity index (χ4v) is 4.03. The van der Waals surface area contributed by atoms with E-state index in [1.807, 2.05) is 0 Å². The van der Waals surface area contributed by atoms with E-state index in [4.69, 9.17) is 0 Å². The van der Waals surface area contributed by atoms with Crippen molar-refractivity contribution < 1.29 is 0 Å². The highest BCUT2D eigenvalue weighted by Gasteiger charge is 2.44. The summed E-state index contributed by atoms with van der Waals surface area (Å²) >= 11 is 0. The van der Waals surface area contributed by atoms with Gasteiger partial charge >= 0.3 is 0 Å². The second-order valence-electron chi connectivity index (χ2n) is 7.10. The van der Waals surface area contributed by atoms with E-state index in [9.17, 15) is 5.26 Å². The normalized spacial score (nSPS) is 35.9. The standard InChI is InChI=1S/C16H27N3/c1-19(11-13-4-2-3-5-13)15-8-9-16(10-15,12-17)18-14-6-7-14/h13-15,18H,2-11H2,1H3. The number of hydrogen-bond donors (Lipinski definition) is 1. The molecule has 3 fully saturated rings. The molecule has 0 aromatic carbocycles. The molecular weight excluding hydrogens is 234 g/mol. The van der Waals surface area contributed by atoms with E-state index in [1.54, 1.807) is 0 Å². The van der Waals surface area contributed by atoms with Gasteiger partial charge in [-0.05, 0) is 57.9 Å². The molecule has 0 aromatic heterocycles. The van der Waals surface area contributed by atoms with Gasteiger partial charge in [-0.2, -0.15) is 5.26 Å². The molecule has 0 aromatic rings. The molecule has 106 valence electrons. The molecule has 0 bridgehead atoms. The van der Waals surface area contributed by atoms with Crippen LogP contribution in [0.4, 0.5) is 0 Å². The molecule has 3 nitrogen and oxygen atoms in total. The van der Waals surface area contributed by atoms with Crippen molar-refractivity contribution in [2.24, 2.45) is 5.92 Å². The number of nitrogens with zero attached hydrogens (tertiary/aromatic N) is 2. The summed E-state index contributed by atoms with van der Waals surface area (Å²) in [6.45, 7) is 1.25. The zero-order valence-electron chi connectivity index (χ0n) is 12.2. The first-order chi connectivity index (χ1) is 9.21. The summed E-state index contributed by atoms with van der Waals surface area (Å²) in [5.41, 5.74) is -0.213. The molecule has 0 radical (unpaired) electrons. The van der Waals surface area contributed by atoms with Gasteiger partial charge < -0.3 is 4.90 Å². The molecule has 3 saturated carbocycles. The molecule has 0 spiro atoms. The maximum atomic E-state index is 9.55. The Hall–Kier alpha value is -0.590. The number of nitriles is 1. The monoisotopic (exact) mass is 261 g/mol. The van der Waals surface area contributed by atoms with Crippen molar-refractivity contribution in [2.45, 2.75) is 75.4 Å². The van der Waals surface area contributed by atoms with Gasteiger partial charge in [-0.25, -0.2) is 0 Å². The van der Waals surface area contributed by atoms with E-state index in [0.29, 0.717) is 12.1 Å². The van der Waals surface area contributed by atoms with Gasteiger partial charge in [0.05, 0.1) is 6.07 Å². The van der Waals surface area contributed by atoms with Gasteiger partial charge in [0, 0.05) is 18.6 Å². The minimum atomic E-state index is -0.213. The summed E-state index contributed by atoms with van der Waals surface area (Å²) in [6.07, 6.45) is 11.5. The molecule has 0 amide bonds. The van der Waals surface area contributed by atoms with Crippen LogP contribution in [0.2, 0.25) is 0 Å². The lowest BCUT2D eigenvalue weighted by Gasteiger charge is -2.29. The second-order valence-corrected chi connectivity index (χ2v) is 7.10. The molecule has 0 saturated heterocycles. The Labute approximate surface area is 117 Å². The predicted octanol–water partition coefficient (Wildman–Crippen LogP) is 2.68. The van der Waals surface area contributed by atoms with E-state index in [-0.39, 0.29) is 5.54 Å². The SMILES string of the molecule is CN(CC1CCCC1)C1CCC(C#N)(NC2CC2)C1. The molecule has 0 heterocycles. The van der Waals surface area contributed by atoms with Crippen LogP contribution in [0.25, 0.3) is 0 Å². The Morgan fingerprint density at radius 1 is 1.21 bits per heavy atom. The summed E-state index contributed by atoms with van der Waals surface area (Å²) in [7, 11) is 2.27. The van der Waals surface area contributed by atoms with Crippen LogP contribution in [0, 0.1) is 17.2 Å². The van der Waals surface area contributed by atoms with Crippen LogP contribution >= 0.6 is 0 Å². The van der Waals surface area contributed by atoms with E-state index < -0.39 is 0 Å². The molecule has 3 rings (SSSR count). The quantitative estimate of drug-likeness (QED) is 0.827. The maximum Gasteiger partial charge on any atom is 0.108 e. The van der Waals surface area contributed by atoms with Gasteiger partial charge in [0.2, 0.25) is 0 Å². The number of rotatable bonds is 5. The Balaban J connectivity index is 1.53. The van der Waals surface area contributed by atoms with Crippen molar-refractivity contribution >= 4 is 0 Å². The summed E-state index contributed by atoms with van der Waals surface area (Å²) in [5, 5.41) is 13.2. The minimum Gasteiger partial charge on any atom is -0.303 e. The largest absolute Gasteiger partial charge is 0.303 e. The van der Waals surface area contributed by atoms with Gasteiger partial charge in [-0.1, -0.05) is 12.8 Å². The van der Waals surface area contributed by atoms with Crippen molar-refractivity contribution in [3.05, 3.63) is 0 Å². The predicted molar refractivity (Wildman–Crippen MR) is 76.7 cm³/mol. The maximum absolute atomic E-state index is 9.55. The average Bonchev–Trinajstić information content (AvgIpc) is 2.92. The first-order valence-electron chi connectivity index (χ1n) is 8.10. The van der Waals surface area contributed by atoms with Crippen molar-refractivity contribution in [1.29, 1.82) is 5.26 Å². The zero-order chi connectivity index (χ0) is 13.3. The molecular formula is C16H27N3. The lowest BCUT2D eigenvalue weighted by atomic mass is 9.98. The van der Waals surface area contributed by atoms with Crippen LogP contribution in [0.1, 0.15) is 57.8 Å². The Morgan fingerprint density at radius 3 is 2.58 bits per heavy atom. The van der Waals surface area contributed by atoms with Crippen molar-refractivity contribution in [3.63, 3.8) is 0 Å². The van der Waals surface area contributed by atoms with E-state index in [2.05, 4.69) is 23.3 Å². The van der Waals surface area contributed by atoms with Crippen molar-refractivity contribution in [2.75, 3.05) is 13.6 Å². The third-order valence-corrected chi connectivity index (χ3v) is 5.40. The minimum absolute atomic E-state index is 0.213. The fourth-order valence-electron chi connectivity index (χ4n) is 4.03. The Kier molecular flexibility index (Phi) is 3.82. The molecule has 2 unspecified atom stereocenters. The van der Waals surface area contributed by atoms with Crippen LogP contribution < -0.4 is 5.32 Å². The molecule has 19 heavy (non-hydrogen) atoms. The van der Waals surface area contributed by atoms with E-state index in [0.717, 1.165) is 18.8 Å². The Bertz CT molecular complexity index is 351. The molecule has 3 heteroatoms. The summed E-state index contributed by atoms with van der Waals surface area (Å²) in [5.74, 6) is 0.915. The van der Waals surface area contributed by atoms with Crippen LogP contribution in [-0.4, -0.2) is 36.1 Å². The highest BCUT2D eigenvalue weighted by Crippen LogP contribution is 2.36. The summed E-state index contributed by atoms with van der Waals surface area (Å²) in [6, 6.07) is 3.84. The van der Waals surface area contributed by atoms with Crippen molar-refractivity contribution in [3.8, 4) is 6.07 Å². The van der Waals surface area contributed by atoms with E-state index in [1.165, 1.54) is 51.5 Å². The second kappa shape index (κ2) is 5.42. The Morgan fingerprint density at radius 2 is 1.95 bits per heavy atom. The fraction of sp³-hybridized carbons (Fsp3) is 0.938. The van der Waals surface area contributed by atoms with Crippen molar-refractivity contribution in [1.82, 2.24) is 10.2 Å². The molecule has 0 aliphatic heterocycles. The van der Waals surface area contributed by atoms with Crippen LogP contribution in [0.3, 0.4) is 0 Å². The molecule has 3 aliphatic rings. The van der Waals surface area contributed by atoms with E-state index >= 15 is 0 Å². The topological polar surface area (TPSA) is 39.1 Å². The summed E-state index contributed by atoms with van der Waals surface area (Å²) < 4.78 is 0. The van der Waals surface area contributed by atoms with Gasteiger partial charge in [0.15, 0.2) is 0 Å². The zero-order valence-corrected chi connectivity index (χ0v) is 12.2. The van der Waals surface area contributed by atoms with Gasteiger partial charge in [-0.3, -0.25) is 5.32 Å². The van der Waals surface area contributed by atoms with Gasteiger partial charge in [-0.15, -0.1) is 0 Å². The van der Waals surface area contributed by atoms with Gasteiger partial charge in [0.1, 0.15) is 5.54 Å². The van der Waals surface area contributed by atoms with Crippen LogP contribution in [-0.2, 0) is 0 Å². The highest BCUT2D eigenvalue weighted by atomic mass is 15.2. The first-order valence-corrected chi connectivity index (χ1v) is 8.10. The smallest absolute Gasteiger partial charge is 0.108 e. The molecule has 3 aliphatic carbocycles.